The number of nitrogens with one attached hydrogen (secondary N) is 1. The smallest absolute Gasteiger partial charge is 0.417 e. The highest BCUT2D eigenvalue weighted by atomic mass is 19.4. The molecule has 2 aromatic heterocycles. The van der Waals surface area contributed by atoms with Gasteiger partial charge in [0, 0.05) is 62.4 Å². The molecule has 8 heteroatoms. The van der Waals surface area contributed by atoms with E-state index in [1.54, 1.807) is 0 Å². The van der Waals surface area contributed by atoms with Crippen LogP contribution in [0.1, 0.15) is 87.1 Å². The van der Waals surface area contributed by atoms with Crippen molar-refractivity contribution < 1.29 is 22.4 Å². The molecule has 182 valence electrons. The SMILES string of the molecule is CC(=O)N1CCc2ncc(C(F)(F)F)cc2C1.CCCC(CC)NC1CCCc2occc21. The fourth-order valence-electron chi connectivity index (χ4n) is 4.55. The van der Waals surface area contributed by atoms with Crippen molar-refractivity contribution in [1.29, 1.82) is 0 Å². The number of aryl methyl sites for hydroxylation is 1. The quantitative estimate of drug-likeness (QED) is 0.604. The van der Waals surface area contributed by atoms with Gasteiger partial charge < -0.3 is 14.6 Å². The summed E-state index contributed by atoms with van der Waals surface area (Å²) in [4.78, 5) is 16.5. The molecule has 0 aromatic carbocycles. The largest absolute Gasteiger partial charge is 0.469 e. The second-order valence-electron chi connectivity index (χ2n) is 8.82. The van der Waals surface area contributed by atoms with Crippen LogP contribution in [0.25, 0.3) is 0 Å². The van der Waals surface area contributed by atoms with Gasteiger partial charge in [-0.15, -0.1) is 0 Å². The van der Waals surface area contributed by atoms with Crippen molar-refractivity contribution in [3.8, 4) is 0 Å². The van der Waals surface area contributed by atoms with Crippen molar-refractivity contribution in [3.63, 3.8) is 0 Å². The summed E-state index contributed by atoms with van der Waals surface area (Å²) in [6, 6.07) is 4.41. The molecule has 5 nitrogen and oxygen atoms in total. The first kappa shape index (κ1) is 25.3. The molecule has 2 aliphatic rings. The predicted octanol–water partition coefficient (Wildman–Crippen LogP) is 5.83. The van der Waals surface area contributed by atoms with E-state index >= 15 is 0 Å². The third kappa shape index (κ3) is 6.59. The number of fused-ring (bicyclic) bond motifs is 2. The number of aromatic nitrogens is 1. The number of hydrogen-bond acceptors (Lipinski definition) is 4. The molecule has 2 unspecified atom stereocenters. The fourth-order valence-corrected chi connectivity index (χ4v) is 4.55. The molecule has 33 heavy (non-hydrogen) atoms. The summed E-state index contributed by atoms with van der Waals surface area (Å²) in [5, 5.41) is 3.79. The van der Waals surface area contributed by atoms with E-state index in [9.17, 15) is 18.0 Å². The van der Waals surface area contributed by atoms with Crippen LogP contribution in [0.15, 0.2) is 29.0 Å². The first-order valence-corrected chi connectivity index (χ1v) is 11.9. The number of hydrogen-bond donors (Lipinski definition) is 1. The Bertz CT molecular complexity index is 926. The van der Waals surface area contributed by atoms with E-state index in [0.717, 1.165) is 18.7 Å². The summed E-state index contributed by atoms with van der Waals surface area (Å²) in [7, 11) is 0. The van der Waals surface area contributed by atoms with Crippen molar-refractivity contribution in [3.05, 3.63) is 52.7 Å². The van der Waals surface area contributed by atoms with Gasteiger partial charge in [0.1, 0.15) is 5.76 Å². The van der Waals surface area contributed by atoms with Crippen LogP contribution in [0, 0.1) is 0 Å². The number of pyridine rings is 1. The van der Waals surface area contributed by atoms with E-state index in [1.165, 1.54) is 55.3 Å². The third-order valence-corrected chi connectivity index (χ3v) is 6.43. The Morgan fingerprint density at radius 1 is 1.33 bits per heavy atom. The molecule has 3 heterocycles. The number of rotatable bonds is 5. The molecule has 1 amide bonds. The summed E-state index contributed by atoms with van der Waals surface area (Å²) < 4.78 is 43.0. The van der Waals surface area contributed by atoms with Crippen LogP contribution in [-0.4, -0.2) is 28.4 Å². The van der Waals surface area contributed by atoms with Gasteiger partial charge in [0.15, 0.2) is 0 Å². The average Bonchev–Trinajstić information content (AvgIpc) is 3.27. The highest BCUT2D eigenvalue weighted by Crippen LogP contribution is 2.32. The predicted molar refractivity (Wildman–Crippen MR) is 121 cm³/mol. The zero-order valence-electron chi connectivity index (χ0n) is 19.7. The van der Waals surface area contributed by atoms with E-state index in [0.29, 0.717) is 36.3 Å². The summed E-state index contributed by atoms with van der Waals surface area (Å²) >= 11 is 0. The van der Waals surface area contributed by atoms with Gasteiger partial charge in [-0.25, -0.2) is 0 Å². The minimum Gasteiger partial charge on any atom is -0.469 e. The highest BCUT2D eigenvalue weighted by Gasteiger charge is 2.32. The molecule has 1 N–H and O–H groups in total. The maximum absolute atomic E-state index is 12.5. The molecule has 1 aliphatic heterocycles. The molecular formula is C25H34F3N3O2. The van der Waals surface area contributed by atoms with Gasteiger partial charge in [-0.05, 0) is 43.4 Å². The number of alkyl halides is 3. The number of carbonyl (C=O) groups excluding carboxylic acids is 1. The molecular weight excluding hydrogens is 431 g/mol. The lowest BCUT2D eigenvalue weighted by Gasteiger charge is -2.27. The van der Waals surface area contributed by atoms with Crippen LogP contribution in [-0.2, 0) is 30.4 Å². The van der Waals surface area contributed by atoms with Gasteiger partial charge in [0.2, 0.25) is 5.91 Å². The fraction of sp³-hybridized carbons (Fsp3) is 0.600. The minimum atomic E-state index is -4.39. The zero-order chi connectivity index (χ0) is 24.0. The van der Waals surface area contributed by atoms with Crippen LogP contribution < -0.4 is 5.32 Å². The van der Waals surface area contributed by atoms with Gasteiger partial charge >= 0.3 is 6.18 Å². The number of furan rings is 1. The first-order valence-electron chi connectivity index (χ1n) is 11.9. The average molecular weight is 466 g/mol. The Kier molecular flexibility index (Phi) is 8.57. The Morgan fingerprint density at radius 2 is 2.12 bits per heavy atom. The Labute approximate surface area is 193 Å². The van der Waals surface area contributed by atoms with Crippen molar-refractivity contribution in [1.82, 2.24) is 15.2 Å². The van der Waals surface area contributed by atoms with Crippen LogP contribution in [0.3, 0.4) is 0 Å². The molecule has 0 spiro atoms. The van der Waals surface area contributed by atoms with E-state index in [4.69, 9.17) is 4.42 Å². The summed E-state index contributed by atoms with van der Waals surface area (Å²) in [5.74, 6) is 1.07. The Balaban J connectivity index is 0.000000186. The standard InChI is InChI=1S/C14H23NO.C11H11F3N2O/c1-3-6-11(4-2)15-13-7-5-8-14-12(13)9-10-16-14;1-7(17)16-3-2-10-8(6-16)4-9(5-15-10)11(12,13)14/h9-11,13,15H,3-8H2,1-2H3;4-5H,2-3,6H2,1H3. The van der Waals surface area contributed by atoms with Gasteiger partial charge in [-0.3, -0.25) is 9.78 Å². The van der Waals surface area contributed by atoms with E-state index in [-0.39, 0.29) is 12.5 Å². The Hall–Kier alpha value is -2.35. The van der Waals surface area contributed by atoms with Crippen LogP contribution in [0.2, 0.25) is 0 Å². The molecule has 0 bridgehead atoms. The van der Waals surface area contributed by atoms with E-state index in [2.05, 4.69) is 30.2 Å². The van der Waals surface area contributed by atoms with Crippen LogP contribution >= 0.6 is 0 Å². The lowest BCUT2D eigenvalue weighted by atomic mass is 9.92. The maximum atomic E-state index is 12.5. The summed E-state index contributed by atoms with van der Waals surface area (Å²) in [6.45, 7) is 6.66. The molecule has 0 radical (unpaired) electrons. The lowest BCUT2D eigenvalue weighted by Crippen LogP contribution is -2.34. The maximum Gasteiger partial charge on any atom is 0.417 e. The van der Waals surface area contributed by atoms with Crippen molar-refractivity contribution in [2.45, 2.75) is 90.5 Å². The molecule has 2 atom stereocenters. The summed E-state index contributed by atoms with van der Waals surface area (Å²) in [5.41, 5.74) is 1.78. The van der Waals surface area contributed by atoms with Crippen LogP contribution in [0.5, 0.6) is 0 Å². The summed E-state index contributed by atoms with van der Waals surface area (Å²) in [6.07, 6.45) is 6.19. The topological polar surface area (TPSA) is 58.4 Å². The van der Waals surface area contributed by atoms with Gasteiger partial charge in [0.05, 0.1) is 11.8 Å². The molecule has 1 aliphatic carbocycles. The van der Waals surface area contributed by atoms with Gasteiger partial charge in [-0.2, -0.15) is 13.2 Å². The lowest BCUT2D eigenvalue weighted by molar-refractivity contribution is -0.137. The van der Waals surface area contributed by atoms with Gasteiger partial charge in [0.25, 0.3) is 0 Å². The third-order valence-electron chi connectivity index (χ3n) is 6.43. The molecule has 0 fully saturated rings. The number of carbonyl (C=O) groups is 1. The van der Waals surface area contributed by atoms with E-state index in [1.807, 2.05) is 6.26 Å². The van der Waals surface area contributed by atoms with E-state index < -0.39 is 11.7 Å². The minimum absolute atomic E-state index is 0.131. The molecule has 0 saturated heterocycles. The first-order chi connectivity index (χ1) is 15.7. The molecule has 0 saturated carbocycles. The van der Waals surface area contributed by atoms with Gasteiger partial charge in [-0.1, -0.05) is 20.3 Å². The second-order valence-corrected chi connectivity index (χ2v) is 8.82. The Morgan fingerprint density at radius 3 is 2.79 bits per heavy atom. The van der Waals surface area contributed by atoms with Crippen molar-refractivity contribution in [2.75, 3.05) is 6.54 Å². The zero-order valence-corrected chi connectivity index (χ0v) is 19.7. The monoisotopic (exact) mass is 465 g/mol. The number of amides is 1. The second kappa shape index (κ2) is 11.2. The van der Waals surface area contributed by atoms with Crippen LogP contribution in [0.4, 0.5) is 13.2 Å². The molecule has 2 aromatic rings. The molecule has 4 rings (SSSR count). The number of halogens is 3. The highest BCUT2D eigenvalue weighted by molar-refractivity contribution is 5.73. The number of nitrogens with zero attached hydrogens (tertiary/aromatic N) is 2. The van der Waals surface area contributed by atoms with Crippen molar-refractivity contribution in [2.24, 2.45) is 0 Å². The van der Waals surface area contributed by atoms with Crippen molar-refractivity contribution >= 4 is 5.91 Å². The normalized spacial score (nSPS) is 18.6.